The Bertz CT molecular complexity index is 610. The summed E-state index contributed by atoms with van der Waals surface area (Å²) in [5.74, 6) is 0.803. The summed E-state index contributed by atoms with van der Waals surface area (Å²) < 4.78 is 5.73. The predicted octanol–water partition coefficient (Wildman–Crippen LogP) is 3.46. The molecule has 1 aromatic heterocycles. The minimum atomic E-state index is -0.140. The van der Waals surface area contributed by atoms with Gasteiger partial charge < -0.3 is 15.2 Å². The molecule has 2 N–H and O–H groups in total. The zero-order valence-corrected chi connectivity index (χ0v) is 14.3. The van der Waals surface area contributed by atoms with E-state index in [9.17, 15) is 4.79 Å². The summed E-state index contributed by atoms with van der Waals surface area (Å²) in [7, 11) is 0. The number of benzene rings is 1. The third kappa shape index (κ3) is 5.37. The number of amides is 1. The second-order valence-corrected chi connectivity index (χ2v) is 6.76. The molecule has 1 heterocycles. The number of hydrogen-bond acceptors (Lipinski definition) is 4. The van der Waals surface area contributed by atoms with Crippen molar-refractivity contribution in [3.8, 4) is 5.75 Å². The van der Waals surface area contributed by atoms with Gasteiger partial charge in [0.05, 0.1) is 0 Å². The molecule has 2 aromatic rings. The average Bonchev–Trinajstić information content (AvgIpc) is 3.06. The maximum absolute atomic E-state index is 12.4. The zero-order chi connectivity index (χ0) is 16.7. The van der Waals surface area contributed by atoms with Crippen LogP contribution in [0.2, 0.25) is 0 Å². The van der Waals surface area contributed by atoms with Gasteiger partial charge in [-0.1, -0.05) is 26.0 Å². The van der Waals surface area contributed by atoms with E-state index in [1.807, 2.05) is 43.5 Å². The van der Waals surface area contributed by atoms with Crippen LogP contribution in [-0.4, -0.2) is 23.7 Å². The van der Waals surface area contributed by atoms with Crippen LogP contribution in [0, 0.1) is 5.92 Å². The van der Waals surface area contributed by atoms with E-state index in [1.54, 1.807) is 23.5 Å². The van der Waals surface area contributed by atoms with Crippen molar-refractivity contribution in [3.63, 3.8) is 0 Å². The molecule has 23 heavy (non-hydrogen) atoms. The monoisotopic (exact) mass is 333 g/mol. The lowest BCUT2D eigenvalue weighted by molar-refractivity contribution is 0.0916. The normalized spacial score (nSPS) is 12.2. The van der Waals surface area contributed by atoms with E-state index in [1.165, 1.54) is 0 Å². The van der Waals surface area contributed by atoms with Gasteiger partial charge in [-0.05, 0) is 42.0 Å². The SMILES string of the molecule is CC(C)C(CCO)NC(=O)c1cccc(OCc2cccs2)c1. The van der Waals surface area contributed by atoms with Gasteiger partial charge in [0.25, 0.3) is 5.91 Å². The quantitative estimate of drug-likeness (QED) is 0.778. The van der Waals surface area contributed by atoms with E-state index in [2.05, 4.69) is 5.32 Å². The number of hydrogen-bond donors (Lipinski definition) is 2. The summed E-state index contributed by atoms with van der Waals surface area (Å²) in [6.07, 6.45) is 0.554. The second-order valence-electron chi connectivity index (χ2n) is 5.73. The van der Waals surface area contributed by atoms with Crippen LogP contribution in [-0.2, 0) is 6.61 Å². The molecule has 1 atom stereocenters. The highest BCUT2D eigenvalue weighted by Crippen LogP contribution is 2.17. The Balaban J connectivity index is 1.98. The van der Waals surface area contributed by atoms with Gasteiger partial charge in [0.2, 0.25) is 0 Å². The van der Waals surface area contributed by atoms with Gasteiger partial charge in [-0.25, -0.2) is 0 Å². The summed E-state index contributed by atoms with van der Waals surface area (Å²) >= 11 is 1.64. The Hall–Kier alpha value is -1.85. The highest BCUT2D eigenvalue weighted by atomic mass is 32.1. The van der Waals surface area contributed by atoms with Crippen molar-refractivity contribution in [2.45, 2.75) is 32.9 Å². The van der Waals surface area contributed by atoms with Gasteiger partial charge in [-0.3, -0.25) is 4.79 Å². The van der Waals surface area contributed by atoms with Gasteiger partial charge in [-0.15, -0.1) is 11.3 Å². The Morgan fingerprint density at radius 2 is 2.13 bits per heavy atom. The number of nitrogens with one attached hydrogen (secondary N) is 1. The molecule has 0 saturated heterocycles. The molecule has 0 aliphatic rings. The molecule has 0 radical (unpaired) electrons. The molecular weight excluding hydrogens is 310 g/mol. The standard InChI is InChI=1S/C18H23NO3S/c1-13(2)17(8-9-20)19-18(21)14-5-3-6-15(11-14)22-12-16-7-4-10-23-16/h3-7,10-11,13,17,20H,8-9,12H2,1-2H3,(H,19,21). The summed E-state index contributed by atoms with van der Waals surface area (Å²) in [5, 5.41) is 14.1. The summed E-state index contributed by atoms with van der Waals surface area (Å²) in [6.45, 7) is 4.62. The smallest absolute Gasteiger partial charge is 0.251 e. The maximum Gasteiger partial charge on any atom is 0.251 e. The van der Waals surface area contributed by atoms with E-state index >= 15 is 0 Å². The summed E-state index contributed by atoms with van der Waals surface area (Å²) in [6, 6.07) is 11.1. The van der Waals surface area contributed by atoms with Gasteiger partial charge in [0.1, 0.15) is 12.4 Å². The van der Waals surface area contributed by atoms with Crippen molar-refractivity contribution in [1.82, 2.24) is 5.32 Å². The number of ether oxygens (including phenoxy) is 1. The van der Waals surface area contributed by atoms with Crippen LogP contribution in [0.15, 0.2) is 41.8 Å². The first-order chi connectivity index (χ1) is 11.1. The number of aliphatic hydroxyl groups is 1. The summed E-state index contributed by atoms with van der Waals surface area (Å²) in [5.41, 5.74) is 0.567. The Morgan fingerprint density at radius 1 is 1.30 bits per heavy atom. The van der Waals surface area contributed by atoms with E-state index in [-0.39, 0.29) is 24.5 Å². The number of carbonyl (C=O) groups is 1. The Morgan fingerprint density at radius 3 is 2.78 bits per heavy atom. The molecular formula is C18H23NO3S. The Labute approximate surface area is 141 Å². The number of aliphatic hydroxyl groups excluding tert-OH is 1. The van der Waals surface area contributed by atoms with Crippen LogP contribution in [0.5, 0.6) is 5.75 Å². The highest BCUT2D eigenvalue weighted by Gasteiger charge is 2.17. The van der Waals surface area contributed by atoms with Gasteiger partial charge in [0.15, 0.2) is 0 Å². The molecule has 0 aliphatic carbocycles. The van der Waals surface area contributed by atoms with Crippen molar-refractivity contribution >= 4 is 17.2 Å². The fourth-order valence-corrected chi connectivity index (χ4v) is 2.86. The first-order valence-electron chi connectivity index (χ1n) is 7.77. The lowest BCUT2D eigenvalue weighted by Crippen LogP contribution is -2.39. The van der Waals surface area contributed by atoms with Crippen molar-refractivity contribution in [2.75, 3.05) is 6.61 Å². The average molecular weight is 333 g/mol. The number of thiophene rings is 1. The molecule has 0 saturated carbocycles. The zero-order valence-electron chi connectivity index (χ0n) is 13.5. The first kappa shape index (κ1) is 17.5. The molecule has 1 unspecified atom stereocenters. The van der Waals surface area contributed by atoms with Crippen molar-refractivity contribution in [3.05, 3.63) is 52.2 Å². The summed E-state index contributed by atoms with van der Waals surface area (Å²) in [4.78, 5) is 13.5. The molecule has 0 bridgehead atoms. The van der Waals surface area contributed by atoms with E-state index in [0.717, 1.165) is 4.88 Å². The maximum atomic E-state index is 12.4. The van der Waals surface area contributed by atoms with Gasteiger partial charge in [0, 0.05) is 23.1 Å². The first-order valence-corrected chi connectivity index (χ1v) is 8.65. The molecule has 4 nitrogen and oxygen atoms in total. The Kier molecular flexibility index (Phi) is 6.62. The van der Waals surface area contributed by atoms with Crippen molar-refractivity contribution in [2.24, 2.45) is 5.92 Å². The van der Waals surface area contributed by atoms with Gasteiger partial charge >= 0.3 is 0 Å². The van der Waals surface area contributed by atoms with Crippen LogP contribution in [0.3, 0.4) is 0 Å². The lowest BCUT2D eigenvalue weighted by Gasteiger charge is -2.21. The van der Waals surface area contributed by atoms with E-state index in [0.29, 0.717) is 24.3 Å². The fourth-order valence-electron chi connectivity index (χ4n) is 2.24. The molecule has 0 spiro atoms. The minimum Gasteiger partial charge on any atom is -0.488 e. The van der Waals surface area contributed by atoms with Crippen molar-refractivity contribution < 1.29 is 14.6 Å². The fraction of sp³-hybridized carbons (Fsp3) is 0.389. The van der Waals surface area contributed by atoms with E-state index in [4.69, 9.17) is 9.84 Å². The molecule has 0 fully saturated rings. The third-order valence-corrected chi connectivity index (χ3v) is 4.47. The largest absolute Gasteiger partial charge is 0.488 e. The van der Waals surface area contributed by atoms with Gasteiger partial charge in [-0.2, -0.15) is 0 Å². The topological polar surface area (TPSA) is 58.6 Å². The molecule has 1 amide bonds. The molecule has 5 heteroatoms. The van der Waals surface area contributed by atoms with Crippen LogP contribution in [0.4, 0.5) is 0 Å². The third-order valence-electron chi connectivity index (χ3n) is 3.62. The molecule has 1 aromatic carbocycles. The molecule has 0 aliphatic heterocycles. The number of carbonyl (C=O) groups excluding carboxylic acids is 1. The predicted molar refractivity (Wildman–Crippen MR) is 92.9 cm³/mol. The second kappa shape index (κ2) is 8.70. The molecule has 124 valence electrons. The van der Waals surface area contributed by atoms with Crippen LogP contribution >= 0.6 is 11.3 Å². The lowest BCUT2D eigenvalue weighted by atomic mass is 10.0. The van der Waals surface area contributed by atoms with Crippen LogP contribution in [0.1, 0.15) is 35.5 Å². The molecule has 2 rings (SSSR count). The van der Waals surface area contributed by atoms with E-state index < -0.39 is 0 Å². The minimum absolute atomic E-state index is 0.0387. The number of rotatable bonds is 8. The van der Waals surface area contributed by atoms with Crippen LogP contribution in [0.25, 0.3) is 0 Å². The van der Waals surface area contributed by atoms with Crippen molar-refractivity contribution in [1.29, 1.82) is 0 Å². The highest BCUT2D eigenvalue weighted by molar-refractivity contribution is 7.09. The van der Waals surface area contributed by atoms with Crippen LogP contribution < -0.4 is 10.1 Å².